The van der Waals surface area contributed by atoms with Gasteiger partial charge in [-0.3, -0.25) is 0 Å². The average Bonchev–Trinajstić information content (AvgIpc) is 3.16. The summed E-state index contributed by atoms with van der Waals surface area (Å²) < 4.78 is 13.5. The fourth-order valence-electron chi connectivity index (χ4n) is 11.1. The first-order chi connectivity index (χ1) is 25.7. The van der Waals surface area contributed by atoms with E-state index in [1.54, 1.807) is 10.4 Å². The van der Waals surface area contributed by atoms with Crippen LogP contribution in [0.2, 0.25) is 36.3 Å². The zero-order chi connectivity index (χ0) is 36.4. The summed E-state index contributed by atoms with van der Waals surface area (Å²) in [5.74, 6) is 2.43. The van der Waals surface area contributed by atoms with Gasteiger partial charge in [-0.05, 0) is 10.4 Å². The van der Waals surface area contributed by atoms with Crippen molar-refractivity contribution in [3.8, 4) is 11.5 Å². The zero-order valence-electron chi connectivity index (χ0n) is 35.3. The third kappa shape index (κ3) is 15.1. The molecule has 0 fully saturated rings. The van der Waals surface area contributed by atoms with Crippen LogP contribution >= 0.6 is 0 Å². The van der Waals surface area contributed by atoms with Crippen molar-refractivity contribution in [3.63, 3.8) is 0 Å². The van der Waals surface area contributed by atoms with Gasteiger partial charge in [0.1, 0.15) is 0 Å². The molecule has 300 valence electrons. The van der Waals surface area contributed by atoms with Gasteiger partial charge in [0.25, 0.3) is 0 Å². The lowest BCUT2D eigenvalue weighted by molar-refractivity contribution is 0.359. The number of hydrogen-bond acceptors (Lipinski definition) is 2. The van der Waals surface area contributed by atoms with Crippen molar-refractivity contribution in [2.75, 3.05) is 14.2 Å². The van der Waals surface area contributed by atoms with E-state index in [-0.39, 0.29) is 0 Å². The Kier molecular flexibility index (Phi) is 22.8. The van der Waals surface area contributed by atoms with Gasteiger partial charge in [-0.1, -0.05) is 267 Å². The van der Waals surface area contributed by atoms with E-state index in [0.717, 1.165) is 0 Å². The molecule has 1 aromatic carbocycles. The molecule has 1 aromatic rings. The molecule has 0 amide bonds. The molecule has 2 nitrogen and oxygen atoms in total. The first-order valence-corrected chi connectivity index (χ1v) is 29.2. The van der Waals surface area contributed by atoms with Crippen LogP contribution in [0.3, 0.4) is 0 Å². The lowest BCUT2D eigenvalue weighted by Gasteiger charge is -2.38. The standard InChI is InChI=1S/C48H88O2Si2/c1-49-47-45-37-38-46(48(47)50-2)52-40-32-26-20-14-8-4-3-7-13-19-25-31-39-51(45,41-33-27-21-15-9-5-11-17-23-29-35-43-52)42-34-28-22-16-10-6-12-18-24-30-36-44-52/h37-38H,3-36,39-44H2,1-2H3. The van der Waals surface area contributed by atoms with Crippen LogP contribution in [0.4, 0.5) is 0 Å². The molecule has 0 N–H and O–H groups in total. The first-order valence-electron chi connectivity index (χ1n) is 24.0. The molecule has 5 aliphatic heterocycles. The van der Waals surface area contributed by atoms with E-state index < -0.39 is 16.1 Å². The molecule has 0 spiro atoms. The Balaban J connectivity index is 1.83. The topological polar surface area (TPSA) is 18.5 Å². The number of hydrogen-bond donors (Lipinski definition) is 0. The predicted octanol–water partition coefficient (Wildman–Crippen LogP) is 15.3. The summed E-state index contributed by atoms with van der Waals surface area (Å²) >= 11 is 0. The van der Waals surface area contributed by atoms with Gasteiger partial charge in [0, 0.05) is 0 Å². The minimum Gasteiger partial charge on any atom is -0.493 e. The van der Waals surface area contributed by atoms with E-state index >= 15 is 0 Å². The van der Waals surface area contributed by atoms with E-state index in [4.69, 9.17) is 9.47 Å². The Morgan fingerprint density at radius 1 is 0.269 bits per heavy atom. The largest absolute Gasteiger partial charge is 0.493 e. The molecule has 5 heterocycles. The molecule has 0 atom stereocenters. The molecular weight excluding hydrogens is 665 g/mol. The van der Waals surface area contributed by atoms with E-state index in [1.807, 2.05) is 14.2 Å². The van der Waals surface area contributed by atoms with Gasteiger partial charge in [0.15, 0.2) is 11.5 Å². The van der Waals surface area contributed by atoms with Gasteiger partial charge in [-0.2, -0.15) is 0 Å². The molecule has 5 aliphatic rings. The number of ether oxygens (including phenoxy) is 2. The normalized spacial score (nSPS) is 28.0. The minimum absolute atomic E-state index is 1.22. The van der Waals surface area contributed by atoms with Crippen LogP contribution in [0.5, 0.6) is 11.5 Å². The highest BCUT2D eigenvalue weighted by Gasteiger charge is 2.42. The summed E-state index contributed by atoms with van der Waals surface area (Å²) in [5, 5.41) is 3.34. The quantitative estimate of drug-likeness (QED) is 0.280. The first kappa shape index (κ1) is 44.0. The lowest BCUT2D eigenvalue weighted by atomic mass is 10.1. The Morgan fingerprint density at radius 3 is 0.577 bits per heavy atom. The third-order valence-electron chi connectivity index (χ3n) is 14.3. The molecular formula is C48H88O2Si2. The second kappa shape index (κ2) is 27.0. The van der Waals surface area contributed by atoms with Crippen LogP contribution < -0.4 is 19.8 Å². The minimum atomic E-state index is -1.84. The molecule has 0 aliphatic carbocycles. The highest BCUT2D eigenvalue weighted by Crippen LogP contribution is 2.40. The maximum Gasteiger partial charge on any atom is 0.159 e. The molecule has 0 saturated carbocycles. The Labute approximate surface area is 327 Å². The molecule has 0 saturated heterocycles. The van der Waals surface area contributed by atoms with Gasteiger partial charge < -0.3 is 9.47 Å². The highest BCUT2D eigenvalue weighted by atomic mass is 28.3. The van der Waals surface area contributed by atoms with Gasteiger partial charge in [-0.15, -0.1) is 0 Å². The third-order valence-corrected chi connectivity index (χ3v) is 25.3. The van der Waals surface area contributed by atoms with Gasteiger partial charge in [0.2, 0.25) is 0 Å². The molecule has 0 radical (unpaired) electrons. The average molecular weight is 753 g/mol. The second-order valence-electron chi connectivity index (χ2n) is 18.3. The second-order valence-corrected chi connectivity index (χ2v) is 27.5. The summed E-state index contributed by atoms with van der Waals surface area (Å²) in [7, 11) is 0.351. The van der Waals surface area contributed by atoms with Gasteiger partial charge in [-0.25, -0.2) is 0 Å². The van der Waals surface area contributed by atoms with Crippen molar-refractivity contribution in [2.45, 2.75) is 255 Å². The van der Waals surface area contributed by atoms with Crippen molar-refractivity contribution >= 4 is 26.5 Å². The summed E-state index contributed by atoms with van der Waals surface area (Å²) in [6, 6.07) is 14.3. The van der Waals surface area contributed by atoms with Gasteiger partial charge in [0.05, 0.1) is 30.4 Å². The van der Waals surface area contributed by atoms with Crippen LogP contribution in [0.25, 0.3) is 0 Å². The van der Waals surface area contributed by atoms with Crippen LogP contribution in [-0.2, 0) is 0 Å². The van der Waals surface area contributed by atoms with Crippen LogP contribution in [-0.4, -0.2) is 30.4 Å². The highest BCUT2D eigenvalue weighted by molar-refractivity contribution is 6.94. The Hall–Kier alpha value is -0.746. The van der Waals surface area contributed by atoms with Crippen molar-refractivity contribution < 1.29 is 9.47 Å². The van der Waals surface area contributed by atoms with Crippen molar-refractivity contribution in [1.82, 2.24) is 0 Å². The monoisotopic (exact) mass is 753 g/mol. The SMILES string of the molecule is COc1c2ccc(c1OC)[Si]13CCCCCCCCCCCCCC[Si]2(CCCCCCCCCCCCC1)CCCCCCCCCCCCC3. The molecule has 0 aromatic heterocycles. The smallest absolute Gasteiger partial charge is 0.159 e. The van der Waals surface area contributed by atoms with Crippen LogP contribution in [0, 0.1) is 0 Å². The predicted molar refractivity (Wildman–Crippen MR) is 236 cm³/mol. The number of fused-ring (bicyclic) bond motifs is 24. The number of rotatable bonds is 2. The summed E-state index contributed by atoms with van der Waals surface area (Å²) in [6.45, 7) is 0. The van der Waals surface area contributed by atoms with Crippen molar-refractivity contribution in [3.05, 3.63) is 12.1 Å². The lowest BCUT2D eigenvalue weighted by Crippen LogP contribution is -2.52. The number of methoxy groups -OCH3 is 2. The van der Waals surface area contributed by atoms with E-state index in [0.29, 0.717) is 0 Å². The molecule has 6 rings (SSSR count). The fraction of sp³-hybridized carbons (Fsp3) is 0.875. The zero-order valence-corrected chi connectivity index (χ0v) is 37.3. The van der Waals surface area contributed by atoms with E-state index in [9.17, 15) is 0 Å². The van der Waals surface area contributed by atoms with Crippen LogP contribution in [0.15, 0.2) is 12.1 Å². The van der Waals surface area contributed by atoms with Gasteiger partial charge >= 0.3 is 0 Å². The van der Waals surface area contributed by atoms with Crippen molar-refractivity contribution in [1.29, 1.82) is 0 Å². The molecule has 4 heteroatoms. The molecule has 52 heavy (non-hydrogen) atoms. The Morgan fingerprint density at radius 2 is 0.423 bits per heavy atom. The van der Waals surface area contributed by atoms with E-state index in [2.05, 4.69) is 12.1 Å². The van der Waals surface area contributed by atoms with Crippen LogP contribution in [0.1, 0.15) is 218 Å². The maximum atomic E-state index is 6.74. The van der Waals surface area contributed by atoms with Crippen molar-refractivity contribution in [2.24, 2.45) is 0 Å². The fourth-order valence-corrected chi connectivity index (χ4v) is 22.0. The number of benzene rings is 1. The molecule has 0 unspecified atom stereocenters. The summed E-state index contributed by atoms with van der Waals surface area (Å²) in [4.78, 5) is 0. The summed E-state index contributed by atoms with van der Waals surface area (Å²) in [5.41, 5.74) is 0. The maximum absolute atomic E-state index is 6.74. The van der Waals surface area contributed by atoms with E-state index in [1.165, 1.54) is 266 Å². The Bertz CT molecular complexity index is 930. The molecule has 4 bridgehead atoms. The summed E-state index contributed by atoms with van der Waals surface area (Å²) in [6.07, 6.45) is 49.2.